The van der Waals surface area contributed by atoms with Gasteiger partial charge in [-0.2, -0.15) is 9.61 Å². The first-order valence-electron chi connectivity index (χ1n) is 7.41. The minimum atomic E-state index is -4.70. The van der Waals surface area contributed by atoms with Crippen LogP contribution in [-0.2, 0) is 0 Å². The molecule has 1 aromatic carbocycles. The second kappa shape index (κ2) is 6.38. The minimum absolute atomic E-state index is 0.263. The fourth-order valence-corrected chi connectivity index (χ4v) is 2.32. The number of anilines is 1. The molecule has 0 saturated heterocycles. The van der Waals surface area contributed by atoms with Crippen LogP contribution in [0.15, 0.2) is 42.7 Å². The number of hydrogen-bond donors (Lipinski definition) is 1. The quantitative estimate of drug-likeness (QED) is 0.761. The molecule has 126 valence electrons. The molecule has 0 atom stereocenters. The van der Waals surface area contributed by atoms with Crippen LogP contribution in [0.5, 0.6) is 5.75 Å². The molecule has 0 bridgehead atoms. The number of nitrogens with one attached hydrogen (secondary N) is 1. The summed E-state index contributed by atoms with van der Waals surface area (Å²) in [6.45, 7) is 2.86. The molecule has 1 N–H and O–H groups in total. The zero-order chi connectivity index (χ0) is 17.2. The molecule has 0 aliphatic rings. The van der Waals surface area contributed by atoms with E-state index in [-0.39, 0.29) is 5.75 Å². The first kappa shape index (κ1) is 16.1. The van der Waals surface area contributed by atoms with Crippen molar-refractivity contribution in [3.8, 4) is 16.9 Å². The number of ether oxygens (including phenoxy) is 1. The number of nitrogens with zero attached hydrogens (tertiary/aromatic N) is 3. The summed E-state index contributed by atoms with van der Waals surface area (Å²) in [5, 5.41) is 7.56. The molecule has 24 heavy (non-hydrogen) atoms. The normalized spacial score (nSPS) is 11.7. The van der Waals surface area contributed by atoms with E-state index in [9.17, 15) is 13.2 Å². The van der Waals surface area contributed by atoms with Gasteiger partial charge in [-0.05, 0) is 30.2 Å². The van der Waals surface area contributed by atoms with Crippen LogP contribution in [0.2, 0.25) is 0 Å². The van der Waals surface area contributed by atoms with Gasteiger partial charge in [-0.25, -0.2) is 4.98 Å². The first-order valence-corrected chi connectivity index (χ1v) is 7.41. The highest BCUT2D eigenvalue weighted by molar-refractivity contribution is 5.78. The molecule has 0 spiro atoms. The highest BCUT2D eigenvalue weighted by atomic mass is 19.4. The van der Waals surface area contributed by atoms with Crippen molar-refractivity contribution in [2.75, 3.05) is 11.9 Å². The summed E-state index contributed by atoms with van der Waals surface area (Å²) in [7, 11) is 0. The van der Waals surface area contributed by atoms with Crippen molar-refractivity contribution in [1.29, 1.82) is 0 Å². The van der Waals surface area contributed by atoms with Crippen molar-refractivity contribution in [3.05, 3.63) is 42.7 Å². The average molecular weight is 336 g/mol. The van der Waals surface area contributed by atoms with E-state index in [4.69, 9.17) is 0 Å². The molecule has 2 aromatic heterocycles. The molecule has 3 aromatic rings. The lowest BCUT2D eigenvalue weighted by Gasteiger charge is -2.09. The standard InChI is InChI=1S/C16H15F3N4O/c1-2-8-20-14-7-9-21-15-13(10-22-23(14)15)11-3-5-12(6-4-11)24-16(17,18)19/h3-7,9-10,20H,2,8H2,1H3. The third kappa shape index (κ3) is 3.42. The third-order valence-electron chi connectivity index (χ3n) is 3.36. The lowest BCUT2D eigenvalue weighted by Crippen LogP contribution is -2.16. The van der Waals surface area contributed by atoms with E-state index in [2.05, 4.69) is 27.1 Å². The number of rotatable bonds is 5. The summed E-state index contributed by atoms with van der Waals surface area (Å²) < 4.78 is 42.2. The number of fused-ring (bicyclic) bond motifs is 1. The van der Waals surface area contributed by atoms with Crippen LogP contribution >= 0.6 is 0 Å². The minimum Gasteiger partial charge on any atom is -0.406 e. The summed E-state index contributed by atoms with van der Waals surface area (Å²) in [5.74, 6) is 0.547. The Morgan fingerprint density at radius 1 is 1.17 bits per heavy atom. The lowest BCUT2D eigenvalue weighted by atomic mass is 10.1. The number of alkyl halides is 3. The summed E-state index contributed by atoms with van der Waals surface area (Å²) in [6.07, 6.45) is -0.426. The fourth-order valence-electron chi connectivity index (χ4n) is 2.32. The van der Waals surface area contributed by atoms with Gasteiger partial charge in [-0.15, -0.1) is 13.2 Å². The largest absolute Gasteiger partial charge is 0.573 e. The fraction of sp³-hybridized carbons (Fsp3) is 0.250. The maximum Gasteiger partial charge on any atom is 0.573 e. The van der Waals surface area contributed by atoms with Crippen molar-refractivity contribution in [2.45, 2.75) is 19.7 Å². The molecular weight excluding hydrogens is 321 g/mol. The van der Waals surface area contributed by atoms with E-state index in [1.165, 1.54) is 12.1 Å². The molecular formula is C16H15F3N4O. The number of halogens is 3. The van der Waals surface area contributed by atoms with Gasteiger partial charge in [-0.1, -0.05) is 19.1 Å². The highest BCUT2D eigenvalue weighted by Gasteiger charge is 2.31. The predicted octanol–water partition coefficient (Wildman–Crippen LogP) is 4.12. The van der Waals surface area contributed by atoms with Crippen molar-refractivity contribution in [2.24, 2.45) is 0 Å². The maximum atomic E-state index is 12.2. The van der Waals surface area contributed by atoms with E-state index >= 15 is 0 Å². The molecule has 8 heteroatoms. The Morgan fingerprint density at radius 3 is 2.58 bits per heavy atom. The smallest absolute Gasteiger partial charge is 0.406 e. The third-order valence-corrected chi connectivity index (χ3v) is 3.36. The molecule has 0 aliphatic carbocycles. The zero-order valence-electron chi connectivity index (χ0n) is 12.8. The second-order valence-electron chi connectivity index (χ2n) is 5.12. The molecule has 0 amide bonds. The Hall–Kier alpha value is -2.77. The predicted molar refractivity (Wildman–Crippen MR) is 83.9 cm³/mol. The Morgan fingerprint density at radius 2 is 1.92 bits per heavy atom. The van der Waals surface area contributed by atoms with E-state index < -0.39 is 6.36 Å². The molecule has 0 unspecified atom stereocenters. The van der Waals surface area contributed by atoms with Crippen LogP contribution in [0.1, 0.15) is 13.3 Å². The number of hydrogen-bond acceptors (Lipinski definition) is 4. The number of benzene rings is 1. The molecule has 3 rings (SSSR count). The lowest BCUT2D eigenvalue weighted by molar-refractivity contribution is -0.274. The van der Waals surface area contributed by atoms with Gasteiger partial charge in [0.25, 0.3) is 0 Å². The van der Waals surface area contributed by atoms with Crippen molar-refractivity contribution in [3.63, 3.8) is 0 Å². The molecule has 0 fully saturated rings. The Kier molecular flexibility index (Phi) is 4.28. The SMILES string of the molecule is CCCNc1ccnc2c(-c3ccc(OC(F)(F)F)cc3)cnn12. The van der Waals surface area contributed by atoms with Gasteiger partial charge < -0.3 is 10.1 Å². The molecule has 5 nitrogen and oxygen atoms in total. The molecule has 0 radical (unpaired) electrons. The van der Waals surface area contributed by atoms with Gasteiger partial charge >= 0.3 is 6.36 Å². The van der Waals surface area contributed by atoms with Crippen LogP contribution < -0.4 is 10.1 Å². The summed E-state index contributed by atoms with van der Waals surface area (Å²) >= 11 is 0. The van der Waals surface area contributed by atoms with Crippen LogP contribution in [0.4, 0.5) is 19.0 Å². The van der Waals surface area contributed by atoms with Gasteiger partial charge in [0.1, 0.15) is 11.6 Å². The van der Waals surface area contributed by atoms with Gasteiger partial charge in [0.15, 0.2) is 5.65 Å². The van der Waals surface area contributed by atoms with Crippen molar-refractivity contribution < 1.29 is 17.9 Å². The van der Waals surface area contributed by atoms with E-state index in [1.54, 1.807) is 29.0 Å². The zero-order valence-corrected chi connectivity index (χ0v) is 12.8. The Labute approximate surface area is 136 Å². The summed E-state index contributed by atoms with van der Waals surface area (Å²) in [4.78, 5) is 4.32. The molecule has 0 saturated carbocycles. The van der Waals surface area contributed by atoms with Crippen LogP contribution in [-0.4, -0.2) is 27.5 Å². The van der Waals surface area contributed by atoms with Gasteiger partial charge in [0, 0.05) is 18.3 Å². The van der Waals surface area contributed by atoms with Crippen molar-refractivity contribution >= 4 is 11.5 Å². The summed E-state index contributed by atoms with van der Waals surface area (Å²) in [5.41, 5.74) is 2.06. The maximum absolute atomic E-state index is 12.2. The highest BCUT2D eigenvalue weighted by Crippen LogP contribution is 2.28. The van der Waals surface area contributed by atoms with Crippen LogP contribution in [0.3, 0.4) is 0 Å². The monoisotopic (exact) mass is 336 g/mol. The van der Waals surface area contributed by atoms with E-state index in [1.807, 2.05) is 6.07 Å². The first-order chi connectivity index (χ1) is 11.5. The molecule has 0 aliphatic heterocycles. The van der Waals surface area contributed by atoms with Crippen LogP contribution in [0.25, 0.3) is 16.8 Å². The summed E-state index contributed by atoms with van der Waals surface area (Å²) in [6, 6.07) is 7.45. The van der Waals surface area contributed by atoms with Gasteiger partial charge in [0.05, 0.1) is 6.20 Å². The topological polar surface area (TPSA) is 51.5 Å². The Bertz CT molecular complexity index is 827. The van der Waals surface area contributed by atoms with Gasteiger partial charge in [-0.3, -0.25) is 0 Å². The van der Waals surface area contributed by atoms with Crippen LogP contribution in [0, 0.1) is 0 Å². The van der Waals surface area contributed by atoms with E-state index in [0.717, 1.165) is 24.3 Å². The van der Waals surface area contributed by atoms with Gasteiger partial charge in [0.2, 0.25) is 0 Å². The average Bonchev–Trinajstić information content (AvgIpc) is 2.97. The second-order valence-corrected chi connectivity index (χ2v) is 5.12. The number of aromatic nitrogens is 3. The van der Waals surface area contributed by atoms with Crippen molar-refractivity contribution in [1.82, 2.24) is 14.6 Å². The van der Waals surface area contributed by atoms with E-state index in [0.29, 0.717) is 11.2 Å². The molecule has 2 heterocycles. The Balaban J connectivity index is 1.92.